The van der Waals surface area contributed by atoms with Crippen LogP contribution in [0.4, 0.5) is 0 Å². The number of fused-ring (bicyclic) bond motifs is 6. The lowest BCUT2D eigenvalue weighted by atomic mass is 9.78. The number of piperidine rings is 2. The normalized spacial score (nSPS) is 25.4. The Morgan fingerprint density at radius 2 is 1.47 bits per heavy atom. The summed E-state index contributed by atoms with van der Waals surface area (Å²) in [5.41, 5.74) is 4.67. The van der Waals surface area contributed by atoms with Crippen LogP contribution in [0.25, 0.3) is 11.1 Å². The average Bonchev–Trinajstić information content (AvgIpc) is 3.07. The second-order valence-corrected chi connectivity index (χ2v) is 14.9. The van der Waals surface area contributed by atoms with Gasteiger partial charge in [-0.2, -0.15) is 8.42 Å². The number of methoxy groups -OCH3 is 2. The molecule has 4 bridgehead atoms. The predicted octanol–water partition coefficient (Wildman–Crippen LogP) is 6.32. The van der Waals surface area contributed by atoms with Gasteiger partial charge in [-0.3, -0.25) is 18.7 Å². The van der Waals surface area contributed by atoms with Crippen LogP contribution < -0.4 is 9.47 Å². The molecule has 2 saturated heterocycles. The van der Waals surface area contributed by atoms with Crippen molar-refractivity contribution in [2.24, 2.45) is 0 Å². The van der Waals surface area contributed by atoms with Crippen LogP contribution >= 0.6 is 0 Å². The molecule has 262 valence electrons. The number of hydrogen-bond acceptors (Lipinski definition) is 10. The minimum Gasteiger partial charge on any atom is -0.496 e. The molecule has 0 amide bonds. The molecular weight excluding hydrogens is 646 g/mol. The van der Waals surface area contributed by atoms with Gasteiger partial charge in [0.25, 0.3) is 10.1 Å². The Morgan fingerprint density at radius 3 is 2.14 bits per heavy atom. The van der Waals surface area contributed by atoms with E-state index in [9.17, 15) is 18.0 Å². The van der Waals surface area contributed by atoms with E-state index in [1.165, 1.54) is 26.0 Å². The molecule has 11 heteroatoms. The summed E-state index contributed by atoms with van der Waals surface area (Å²) in [5.74, 6) is 0.513. The van der Waals surface area contributed by atoms with Gasteiger partial charge < -0.3 is 18.9 Å². The molecule has 49 heavy (non-hydrogen) atoms. The van der Waals surface area contributed by atoms with Crippen LogP contribution in [-0.4, -0.2) is 69.9 Å². The van der Waals surface area contributed by atoms with E-state index in [-0.39, 0.29) is 29.1 Å². The summed E-state index contributed by atoms with van der Waals surface area (Å²) in [7, 11) is -0.938. The van der Waals surface area contributed by atoms with Gasteiger partial charge in [0.2, 0.25) is 0 Å². The van der Waals surface area contributed by atoms with Crippen molar-refractivity contribution in [3.8, 4) is 22.6 Å². The van der Waals surface area contributed by atoms with E-state index in [4.69, 9.17) is 23.1 Å². The standard InChI is InChI=1S/C38H45NO9S/c1-23-9-15-30(16-10-23)49(42,43)48-38-33-8-6-7-28-21-29(46-24(2)40)14-11-26-12-17-35(44-4)31(19-26)32-20-27(13-18-36(32)45-5)34(39(28)33)22-37(38)47-25(3)41/h9-10,12-13,15-20,28-29,33-34,37-38H,6-8,11,14,21-22H2,1-5H3/t28-,29+,33-,34+,37+,38-/m0/s1. The minimum atomic E-state index is -4.21. The van der Waals surface area contributed by atoms with Crippen molar-refractivity contribution in [2.75, 3.05) is 14.2 Å². The molecule has 3 heterocycles. The Kier molecular flexibility index (Phi) is 10.3. The summed E-state index contributed by atoms with van der Waals surface area (Å²) in [6.45, 7) is 4.65. The predicted molar refractivity (Wildman–Crippen MR) is 183 cm³/mol. The van der Waals surface area contributed by atoms with Gasteiger partial charge in [-0.25, -0.2) is 0 Å². The number of aryl methyl sites for hydroxylation is 2. The molecule has 6 rings (SSSR count). The Bertz CT molecular complexity index is 1790. The first-order valence-electron chi connectivity index (χ1n) is 16.9. The zero-order valence-electron chi connectivity index (χ0n) is 28.7. The smallest absolute Gasteiger partial charge is 0.302 e. The van der Waals surface area contributed by atoms with Gasteiger partial charge in [0.15, 0.2) is 0 Å². The van der Waals surface area contributed by atoms with Crippen molar-refractivity contribution >= 4 is 22.1 Å². The fourth-order valence-electron chi connectivity index (χ4n) is 7.94. The van der Waals surface area contributed by atoms with E-state index in [0.717, 1.165) is 40.7 Å². The first-order valence-corrected chi connectivity index (χ1v) is 18.3. The third-order valence-electron chi connectivity index (χ3n) is 10.1. The van der Waals surface area contributed by atoms with Crippen molar-refractivity contribution in [1.82, 2.24) is 4.90 Å². The molecule has 0 spiro atoms. The highest BCUT2D eigenvalue weighted by Gasteiger charge is 2.51. The SMILES string of the molecule is COc1ccc2cc1-c1cc(ccc1OC)[C@H]1C[C@@H](OC(C)=O)[C@@H](OS(=O)(=O)c3ccc(C)cc3)[C@@H]3CCC[C@@H](C[C@H](OC(C)=O)CC2)N13. The second kappa shape index (κ2) is 14.5. The topological polar surface area (TPSA) is 118 Å². The number of hydrogen-bond donors (Lipinski definition) is 0. The zero-order chi connectivity index (χ0) is 34.9. The maximum atomic E-state index is 13.8. The maximum Gasteiger partial charge on any atom is 0.302 e. The van der Waals surface area contributed by atoms with E-state index in [0.29, 0.717) is 43.6 Å². The summed E-state index contributed by atoms with van der Waals surface area (Å²) >= 11 is 0. The van der Waals surface area contributed by atoms with Crippen LogP contribution in [0.3, 0.4) is 0 Å². The third-order valence-corrected chi connectivity index (χ3v) is 11.4. The third kappa shape index (κ3) is 7.49. The van der Waals surface area contributed by atoms with E-state index >= 15 is 0 Å². The highest BCUT2D eigenvalue weighted by atomic mass is 32.2. The summed E-state index contributed by atoms with van der Waals surface area (Å²) in [5, 5.41) is 0. The fourth-order valence-corrected chi connectivity index (χ4v) is 9.06. The molecule has 10 nitrogen and oxygen atoms in total. The van der Waals surface area contributed by atoms with Crippen molar-refractivity contribution < 1.29 is 41.1 Å². The monoisotopic (exact) mass is 691 g/mol. The number of esters is 2. The molecule has 2 fully saturated rings. The van der Waals surface area contributed by atoms with Gasteiger partial charge in [-0.05, 0) is 86.6 Å². The fraction of sp³-hybridized carbons (Fsp3) is 0.474. The average molecular weight is 692 g/mol. The van der Waals surface area contributed by atoms with Crippen molar-refractivity contribution in [1.29, 1.82) is 0 Å². The number of nitrogens with zero attached hydrogens (tertiary/aromatic N) is 1. The highest BCUT2D eigenvalue weighted by Crippen LogP contribution is 2.48. The quantitative estimate of drug-likeness (QED) is 0.206. The van der Waals surface area contributed by atoms with E-state index in [2.05, 4.69) is 17.0 Å². The van der Waals surface area contributed by atoms with Gasteiger partial charge in [-0.15, -0.1) is 0 Å². The second-order valence-electron chi connectivity index (χ2n) is 13.3. The highest BCUT2D eigenvalue weighted by molar-refractivity contribution is 7.86. The maximum absolute atomic E-state index is 13.8. The van der Waals surface area contributed by atoms with Gasteiger partial charge in [0.1, 0.15) is 29.8 Å². The van der Waals surface area contributed by atoms with Crippen LogP contribution in [0, 0.1) is 6.92 Å². The van der Waals surface area contributed by atoms with Gasteiger partial charge >= 0.3 is 11.9 Å². The Labute approximate surface area is 288 Å². The molecule has 0 saturated carbocycles. The number of ether oxygens (including phenoxy) is 4. The number of benzene rings is 3. The molecule has 0 aliphatic carbocycles. The molecule has 0 aromatic heterocycles. The molecule has 3 aliphatic rings. The molecule has 0 N–H and O–H groups in total. The van der Waals surface area contributed by atoms with E-state index in [1.807, 2.05) is 31.2 Å². The van der Waals surface area contributed by atoms with Crippen LogP contribution in [-0.2, 0) is 39.8 Å². The number of rotatable bonds is 7. The largest absolute Gasteiger partial charge is 0.496 e. The van der Waals surface area contributed by atoms with Gasteiger partial charge in [-0.1, -0.05) is 36.2 Å². The van der Waals surface area contributed by atoms with Crippen molar-refractivity contribution in [3.05, 3.63) is 77.4 Å². The van der Waals surface area contributed by atoms with Crippen molar-refractivity contribution in [2.45, 2.75) is 107 Å². The number of carbonyl (C=O) groups excluding carboxylic acids is 2. The molecule has 6 atom stereocenters. The van der Waals surface area contributed by atoms with Crippen LogP contribution in [0.2, 0.25) is 0 Å². The summed E-state index contributed by atoms with van der Waals surface area (Å²) in [4.78, 5) is 27.3. The Balaban J connectivity index is 1.50. The molecule has 0 radical (unpaired) electrons. The van der Waals surface area contributed by atoms with E-state index < -0.39 is 34.3 Å². The zero-order valence-corrected chi connectivity index (χ0v) is 29.5. The Morgan fingerprint density at radius 1 is 0.796 bits per heavy atom. The lowest BCUT2D eigenvalue weighted by Crippen LogP contribution is -2.62. The summed E-state index contributed by atoms with van der Waals surface area (Å²) in [6, 6.07) is 17.9. The van der Waals surface area contributed by atoms with Crippen LogP contribution in [0.1, 0.15) is 75.1 Å². The Hall–Kier alpha value is -3.93. The number of carbonyl (C=O) groups is 2. The van der Waals surface area contributed by atoms with Crippen molar-refractivity contribution in [3.63, 3.8) is 0 Å². The van der Waals surface area contributed by atoms with E-state index in [1.54, 1.807) is 26.4 Å². The molecule has 0 unspecified atom stereocenters. The lowest BCUT2D eigenvalue weighted by Gasteiger charge is -2.54. The molecular formula is C38H45NO9S. The van der Waals surface area contributed by atoms with Crippen LogP contribution in [0.5, 0.6) is 11.5 Å². The first kappa shape index (κ1) is 34.9. The van der Waals surface area contributed by atoms with Gasteiger partial charge in [0, 0.05) is 49.5 Å². The summed E-state index contributed by atoms with van der Waals surface area (Å²) < 4.78 is 57.2. The summed E-state index contributed by atoms with van der Waals surface area (Å²) in [6.07, 6.45) is 2.23. The molecule has 3 aliphatic heterocycles. The minimum absolute atomic E-state index is 0.0458. The van der Waals surface area contributed by atoms with Crippen LogP contribution in [0.15, 0.2) is 65.6 Å². The first-order chi connectivity index (χ1) is 23.5. The molecule has 3 aromatic carbocycles. The lowest BCUT2D eigenvalue weighted by molar-refractivity contribution is -0.170. The molecule has 3 aromatic rings. The van der Waals surface area contributed by atoms with Gasteiger partial charge in [0.05, 0.1) is 19.1 Å².